The highest BCUT2D eigenvalue weighted by atomic mass is 16.5. The monoisotopic (exact) mass is 273 g/mol. The van der Waals surface area contributed by atoms with Crippen LogP contribution in [0, 0.1) is 0 Å². The molecule has 6 nitrogen and oxygen atoms in total. The van der Waals surface area contributed by atoms with Crippen molar-refractivity contribution < 1.29 is 14.7 Å². The molecular formula is C14H15N3O3. The Hall–Kier alpha value is -2.76. The number of hydrogen-bond acceptors (Lipinski definition) is 5. The van der Waals surface area contributed by atoms with E-state index in [0.29, 0.717) is 24.8 Å². The van der Waals surface area contributed by atoms with Gasteiger partial charge in [-0.3, -0.25) is 0 Å². The number of nitrogens with zero attached hydrogens (tertiary/aromatic N) is 2. The molecule has 0 bridgehead atoms. The third-order valence-corrected chi connectivity index (χ3v) is 2.44. The number of aromatic nitrogens is 1. The van der Waals surface area contributed by atoms with Gasteiger partial charge in [0.05, 0.1) is 0 Å². The molecule has 0 atom stereocenters. The number of oxime groups is 1. The largest absolute Gasteiger partial charge is 0.490 e. The first kappa shape index (κ1) is 13.7. The van der Waals surface area contributed by atoms with Gasteiger partial charge in [-0.15, -0.1) is 0 Å². The summed E-state index contributed by atoms with van der Waals surface area (Å²) in [6, 6.07) is 14.5. The molecule has 1 heterocycles. The maximum absolute atomic E-state index is 8.58. The molecule has 3 N–H and O–H groups in total. The minimum absolute atomic E-state index is 0.0593. The molecule has 0 unspecified atom stereocenters. The molecule has 0 aliphatic carbocycles. The van der Waals surface area contributed by atoms with Gasteiger partial charge in [0.15, 0.2) is 5.84 Å². The van der Waals surface area contributed by atoms with Gasteiger partial charge in [-0.1, -0.05) is 29.4 Å². The maximum atomic E-state index is 8.58. The first-order valence-corrected chi connectivity index (χ1v) is 6.05. The predicted molar refractivity (Wildman–Crippen MR) is 74.2 cm³/mol. The lowest BCUT2D eigenvalue weighted by atomic mass is 10.3. The highest BCUT2D eigenvalue weighted by molar-refractivity contribution is 5.95. The average Bonchev–Trinajstić information content (AvgIpc) is 2.52. The van der Waals surface area contributed by atoms with Crippen LogP contribution in [0.2, 0.25) is 0 Å². The SMILES string of the molecule is NC(=NO)c1cccc(OCCOc2ccccc2)n1. The summed E-state index contributed by atoms with van der Waals surface area (Å²) in [5.41, 5.74) is 5.81. The lowest BCUT2D eigenvalue weighted by Gasteiger charge is -2.08. The molecule has 104 valence electrons. The lowest BCUT2D eigenvalue weighted by Crippen LogP contribution is -2.16. The summed E-state index contributed by atoms with van der Waals surface area (Å²) in [5, 5.41) is 11.5. The number of amidine groups is 1. The van der Waals surface area contributed by atoms with Gasteiger partial charge in [-0.05, 0) is 18.2 Å². The van der Waals surface area contributed by atoms with Crippen LogP contribution in [0.1, 0.15) is 5.69 Å². The third kappa shape index (κ3) is 3.88. The third-order valence-electron chi connectivity index (χ3n) is 2.44. The molecule has 1 aromatic heterocycles. The number of para-hydroxylation sites is 1. The van der Waals surface area contributed by atoms with Crippen molar-refractivity contribution in [3.63, 3.8) is 0 Å². The molecule has 2 rings (SSSR count). The normalized spacial score (nSPS) is 11.1. The second kappa shape index (κ2) is 6.98. The van der Waals surface area contributed by atoms with Gasteiger partial charge in [0.2, 0.25) is 5.88 Å². The Kier molecular flexibility index (Phi) is 4.77. The second-order valence-corrected chi connectivity index (χ2v) is 3.86. The summed E-state index contributed by atoms with van der Waals surface area (Å²) in [6.07, 6.45) is 0. The predicted octanol–water partition coefficient (Wildman–Crippen LogP) is 1.63. The molecular weight excluding hydrogens is 258 g/mol. The quantitative estimate of drug-likeness (QED) is 0.274. The zero-order chi connectivity index (χ0) is 14.2. The van der Waals surface area contributed by atoms with Gasteiger partial charge in [-0.2, -0.15) is 0 Å². The molecule has 6 heteroatoms. The van der Waals surface area contributed by atoms with Gasteiger partial charge in [0.1, 0.15) is 24.7 Å². The standard InChI is InChI=1S/C14H15N3O3/c15-14(17-18)12-7-4-8-13(16-12)20-10-9-19-11-5-2-1-3-6-11/h1-8,18H,9-10H2,(H2,15,17). The zero-order valence-electron chi connectivity index (χ0n) is 10.8. The molecule has 2 aromatic rings. The molecule has 0 radical (unpaired) electrons. The smallest absolute Gasteiger partial charge is 0.213 e. The van der Waals surface area contributed by atoms with E-state index >= 15 is 0 Å². The van der Waals surface area contributed by atoms with Crippen molar-refractivity contribution in [2.45, 2.75) is 0 Å². The fraction of sp³-hybridized carbons (Fsp3) is 0.143. The van der Waals surface area contributed by atoms with Gasteiger partial charge in [0, 0.05) is 6.07 Å². The number of hydrogen-bond donors (Lipinski definition) is 2. The Bertz CT molecular complexity index is 573. The van der Waals surface area contributed by atoms with E-state index in [0.717, 1.165) is 5.75 Å². The second-order valence-electron chi connectivity index (χ2n) is 3.86. The minimum atomic E-state index is -0.0593. The van der Waals surface area contributed by atoms with E-state index < -0.39 is 0 Å². The zero-order valence-corrected chi connectivity index (χ0v) is 10.8. The number of rotatable bonds is 6. The summed E-state index contributed by atoms with van der Waals surface area (Å²) in [5.74, 6) is 1.12. The van der Waals surface area contributed by atoms with Crippen LogP contribution in [0.15, 0.2) is 53.7 Å². The van der Waals surface area contributed by atoms with Crippen LogP contribution >= 0.6 is 0 Å². The maximum Gasteiger partial charge on any atom is 0.213 e. The Balaban J connectivity index is 1.82. The Morgan fingerprint density at radius 3 is 2.55 bits per heavy atom. The first-order chi connectivity index (χ1) is 9.79. The fourth-order valence-corrected chi connectivity index (χ4v) is 1.51. The highest BCUT2D eigenvalue weighted by Gasteiger charge is 2.03. The van der Waals surface area contributed by atoms with Gasteiger partial charge in [0.25, 0.3) is 0 Å². The van der Waals surface area contributed by atoms with E-state index in [-0.39, 0.29) is 5.84 Å². The first-order valence-electron chi connectivity index (χ1n) is 6.05. The average molecular weight is 273 g/mol. The molecule has 1 aromatic carbocycles. The van der Waals surface area contributed by atoms with Crippen molar-refractivity contribution in [2.24, 2.45) is 10.9 Å². The van der Waals surface area contributed by atoms with Gasteiger partial charge >= 0.3 is 0 Å². The topological polar surface area (TPSA) is 90.0 Å². The van der Waals surface area contributed by atoms with Crippen molar-refractivity contribution in [1.29, 1.82) is 0 Å². The van der Waals surface area contributed by atoms with E-state index in [1.54, 1.807) is 18.2 Å². The molecule has 20 heavy (non-hydrogen) atoms. The van der Waals surface area contributed by atoms with Crippen LogP contribution < -0.4 is 15.2 Å². The summed E-state index contributed by atoms with van der Waals surface area (Å²) in [6.45, 7) is 0.751. The van der Waals surface area contributed by atoms with Gasteiger partial charge in [-0.25, -0.2) is 4.98 Å². The molecule has 0 aliphatic rings. The summed E-state index contributed by atoms with van der Waals surface area (Å²) >= 11 is 0. The minimum Gasteiger partial charge on any atom is -0.490 e. The summed E-state index contributed by atoms with van der Waals surface area (Å²) in [4.78, 5) is 4.09. The van der Waals surface area contributed by atoms with Crippen molar-refractivity contribution in [3.8, 4) is 11.6 Å². The molecule has 0 aliphatic heterocycles. The molecule has 0 amide bonds. The number of nitrogens with two attached hydrogens (primary N) is 1. The van der Waals surface area contributed by atoms with Crippen molar-refractivity contribution in [2.75, 3.05) is 13.2 Å². The number of ether oxygens (including phenoxy) is 2. The van der Waals surface area contributed by atoms with E-state index in [9.17, 15) is 0 Å². The molecule has 0 saturated heterocycles. The van der Waals surface area contributed by atoms with Crippen LogP contribution in [0.4, 0.5) is 0 Å². The summed E-state index contributed by atoms with van der Waals surface area (Å²) in [7, 11) is 0. The Labute approximate surface area is 116 Å². The summed E-state index contributed by atoms with van der Waals surface area (Å²) < 4.78 is 10.9. The van der Waals surface area contributed by atoms with Gasteiger partial charge < -0.3 is 20.4 Å². The number of benzene rings is 1. The van der Waals surface area contributed by atoms with Crippen LogP contribution in [0.3, 0.4) is 0 Å². The van der Waals surface area contributed by atoms with Crippen LogP contribution in [-0.2, 0) is 0 Å². The van der Waals surface area contributed by atoms with Crippen LogP contribution in [0.25, 0.3) is 0 Å². The molecule has 0 saturated carbocycles. The van der Waals surface area contributed by atoms with E-state index in [4.69, 9.17) is 20.4 Å². The van der Waals surface area contributed by atoms with Crippen molar-refractivity contribution >= 4 is 5.84 Å². The van der Waals surface area contributed by atoms with E-state index in [1.807, 2.05) is 30.3 Å². The van der Waals surface area contributed by atoms with E-state index in [2.05, 4.69) is 10.1 Å². The van der Waals surface area contributed by atoms with Crippen molar-refractivity contribution in [3.05, 3.63) is 54.2 Å². The van der Waals surface area contributed by atoms with Crippen LogP contribution in [0.5, 0.6) is 11.6 Å². The van der Waals surface area contributed by atoms with E-state index in [1.165, 1.54) is 0 Å². The molecule has 0 fully saturated rings. The fourth-order valence-electron chi connectivity index (χ4n) is 1.51. The Morgan fingerprint density at radius 2 is 1.80 bits per heavy atom. The molecule has 0 spiro atoms. The van der Waals surface area contributed by atoms with Crippen molar-refractivity contribution in [1.82, 2.24) is 4.98 Å². The highest BCUT2D eigenvalue weighted by Crippen LogP contribution is 2.09. The number of pyridine rings is 1. The Morgan fingerprint density at radius 1 is 1.05 bits per heavy atom. The van der Waals surface area contributed by atoms with Crippen LogP contribution in [-0.4, -0.2) is 29.2 Å². The lowest BCUT2D eigenvalue weighted by molar-refractivity contribution is 0.212.